The second kappa shape index (κ2) is 29.2. The van der Waals surface area contributed by atoms with Crippen LogP contribution in [-0.4, -0.2) is 24.0 Å². The van der Waals surface area contributed by atoms with Crippen molar-refractivity contribution in [3.63, 3.8) is 0 Å². The quantitative estimate of drug-likeness (QED) is 0.186. The van der Waals surface area contributed by atoms with Gasteiger partial charge in [-0.25, -0.2) is 0 Å². The maximum Gasteiger partial charge on any atom is 4.00 e. The molecule has 0 bridgehead atoms. The minimum absolute atomic E-state index is 0. The molecular formula is C33H64O7Ti. The van der Waals surface area contributed by atoms with Gasteiger partial charge in [-0.1, -0.05) is 115 Å². The smallest absolute Gasteiger partial charge is 0.852 e. The Hall–Kier alpha value is -0.916. The minimum atomic E-state index is -0.925. The van der Waals surface area contributed by atoms with Gasteiger partial charge in [-0.05, 0) is 74.0 Å². The van der Waals surface area contributed by atoms with Gasteiger partial charge in [0, 0.05) is 17.9 Å². The molecule has 0 rings (SSSR count). The van der Waals surface area contributed by atoms with Gasteiger partial charge in [0.15, 0.2) is 0 Å². The number of carbonyl (C=O) groups excluding carboxylic acids is 3. The fourth-order valence-corrected chi connectivity index (χ4v) is 3.30. The van der Waals surface area contributed by atoms with Crippen LogP contribution in [0.1, 0.15) is 172 Å². The monoisotopic (exact) mass is 620 g/mol. The molecule has 0 aromatic heterocycles. The molecule has 242 valence electrons. The van der Waals surface area contributed by atoms with E-state index >= 15 is 0 Å². The molecule has 0 aliphatic carbocycles. The third kappa shape index (κ3) is 79.0. The number of aliphatic carboxylic acids is 3. The average molecular weight is 621 g/mol. The van der Waals surface area contributed by atoms with Crippen molar-refractivity contribution in [1.82, 2.24) is 0 Å². The molecule has 41 heavy (non-hydrogen) atoms. The maximum absolute atomic E-state index is 10.0. The van der Waals surface area contributed by atoms with Crippen LogP contribution in [0.15, 0.2) is 0 Å². The Balaban J connectivity index is -0.000000146. The zero-order chi connectivity index (χ0) is 32.4. The summed E-state index contributed by atoms with van der Waals surface area (Å²) in [6, 6.07) is 0. The van der Waals surface area contributed by atoms with E-state index in [1.54, 1.807) is 13.8 Å². The van der Waals surface area contributed by atoms with Gasteiger partial charge in [0.25, 0.3) is 0 Å². The molecule has 0 N–H and O–H groups in total. The van der Waals surface area contributed by atoms with E-state index in [0.29, 0.717) is 16.2 Å². The van der Waals surface area contributed by atoms with E-state index in [4.69, 9.17) is 0 Å². The van der Waals surface area contributed by atoms with Crippen molar-refractivity contribution in [1.29, 1.82) is 0 Å². The van der Waals surface area contributed by atoms with Crippen molar-refractivity contribution in [3.8, 4) is 0 Å². The Morgan fingerprint density at radius 3 is 0.756 bits per heavy atom. The summed E-state index contributed by atoms with van der Waals surface area (Å²) in [6.45, 7) is 23.0. The summed E-state index contributed by atoms with van der Waals surface area (Å²) in [6.07, 6.45) is 12.4. The standard InChI is InChI=1S/3C10H20O2.C3H7O.Ti/c3*1-10(2,3)8-6-4-5-7-9(11)12;1-3(2)4;/h3*4-8H2,1-3H3,(H,11,12);3H,1-2H3;/q;;;-1;+4/p-3. The third-order valence-electron chi connectivity index (χ3n) is 5.42. The molecule has 0 fully saturated rings. The third-order valence-corrected chi connectivity index (χ3v) is 5.42. The van der Waals surface area contributed by atoms with Crippen molar-refractivity contribution in [2.75, 3.05) is 0 Å². The molecular weight excluding hydrogens is 556 g/mol. The van der Waals surface area contributed by atoms with Crippen LogP contribution in [-0.2, 0) is 36.1 Å². The van der Waals surface area contributed by atoms with Crippen molar-refractivity contribution < 1.29 is 56.5 Å². The first kappa shape index (κ1) is 49.7. The van der Waals surface area contributed by atoms with Gasteiger partial charge in [0.2, 0.25) is 0 Å². The first-order chi connectivity index (χ1) is 18.0. The van der Waals surface area contributed by atoms with Gasteiger partial charge >= 0.3 is 21.7 Å². The van der Waals surface area contributed by atoms with Crippen LogP contribution in [0.5, 0.6) is 0 Å². The Morgan fingerprint density at radius 2 is 0.634 bits per heavy atom. The Labute approximate surface area is 268 Å². The fraction of sp³-hybridized carbons (Fsp3) is 0.909. The maximum atomic E-state index is 10.0. The predicted octanol–water partition coefficient (Wildman–Crippen LogP) is 4.95. The van der Waals surface area contributed by atoms with Crippen molar-refractivity contribution in [3.05, 3.63) is 0 Å². The molecule has 0 atom stereocenters. The molecule has 0 radical (unpaired) electrons. The minimum Gasteiger partial charge on any atom is -0.852 e. The van der Waals surface area contributed by atoms with E-state index in [-0.39, 0.29) is 41.0 Å². The molecule has 0 aliphatic heterocycles. The number of rotatable bonds is 15. The summed E-state index contributed by atoms with van der Waals surface area (Å²) >= 11 is 0. The number of carboxylic acid groups (broad SMARTS) is 3. The number of carboxylic acids is 3. The van der Waals surface area contributed by atoms with Crippen molar-refractivity contribution in [2.24, 2.45) is 16.2 Å². The van der Waals surface area contributed by atoms with Gasteiger partial charge in [0.05, 0.1) is 0 Å². The first-order valence-electron chi connectivity index (χ1n) is 15.2. The summed E-state index contributed by atoms with van der Waals surface area (Å²) in [5.41, 5.74) is 1.13. The summed E-state index contributed by atoms with van der Waals surface area (Å²) < 4.78 is 0. The number of carbonyl (C=O) groups is 3. The Bertz CT molecular complexity index is 529. The van der Waals surface area contributed by atoms with E-state index in [1.807, 2.05) is 0 Å². The van der Waals surface area contributed by atoms with E-state index < -0.39 is 24.0 Å². The molecule has 0 saturated carbocycles. The second-order valence-corrected chi connectivity index (χ2v) is 14.5. The van der Waals surface area contributed by atoms with Crippen LogP contribution in [0.25, 0.3) is 0 Å². The molecule has 8 heteroatoms. The number of hydrogen-bond donors (Lipinski definition) is 0. The molecule has 0 heterocycles. The molecule has 0 spiro atoms. The second-order valence-electron chi connectivity index (χ2n) is 14.5. The van der Waals surface area contributed by atoms with Crippen LogP contribution in [0.2, 0.25) is 0 Å². The SMILES string of the molecule is CC(C)(C)CCCCCC(=O)[O-].CC(C)(C)CCCCCC(=O)[O-].CC(C)(C)CCCCCC(=O)[O-].CC(C)[O-].[Ti+4]. The van der Waals surface area contributed by atoms with Crippen LogP contribution in [0.4, 0.5) is 0 Å². The van der Waals surface area contributed by atoms with Gasteiger partial charge in [-0.2, -0.15) is 0 Å². The van der Waals surface area contributed by atoms with Crippen molar-refractivity contribution >= 4 is 17.9 Å². The topological polar surface area (TPSA) is 143 Å². The van der Waals surface area contributed by atoms with Crippen LogP contribution in [0, 0.1) is 16.2 Å². The summed E-state index contributed by atoms with van der Waals surface area (Å²) in [7, 11) is 0. The Morgan fingerprint density at radius 1 is 0.463 bits per heavy atom. The van der Waals surface area contributed by atoms with Crippen LogP contribution < -0.4 is 20.4 Å². The number of hydrogen-bond acceptors (Lipinski definition) is 7. The summed E-state index contributed by atoms with van der Waals surface area (Å²) in [5.74, 6) is -2.78. The predicted molar refractivity (Wildman–Crippen MR) is 158 cm³/mol. The molecule has 0 unspecified atom stereocenters. The van der Waals surface area contributed by atoms with E-state index in [2.05, 4.69) is 62.3 Å². The normalized spacial score (nSPS) is 11.0. The summed E-state index contributed by atoms with van der Waals surface area (Å²) in [5, 5.41) is 39.7. The molecule has 0 aromatic carbocycles. The van der Waals surface area contributed by atoms with Crippen molar-refractivity contribution in [2.45, 2.75) is 179 Å². The molecule has 7 nitrogen and oxygen atoms in total. The first-order valence-corrected chi connectivity index (χ1v) is 15.2. The van der Waals surface area contributed by atoms with E-state index in [0.717, 1.165) is 57.8 Å². The van der Waals surface area contributed by atoms with Gasteiger partial charge in [-0.15, -0.1) is 6.10 Å². The fourth-order valence-electron chi connectivity index (χ4n) is 3.30. The zero-order valence-corrected chi connectivity index (χ0v) is 30.1. The van der Waals surface area contributed by atoms with E-state index in [9.17, 15) is 34.8 Å². The van der Waals surface area contributed by atoms with Gasteiger partial charge < -0.3 is 34.8 Å². The molecule has 0 aromatic rings. The molecule has 0 amide bonds. The molecule has 0 saturated heterocycles. The average Bonchev–Trinajstić information content (AvgIpc) is 2.70. The molecule has 0 aliphatic rings. The van der Waals surface area contributed by atoms with Gasteiger partial charge in [-0.3, -0.25) is 0 Å². The summed E-state index contributed by atoms with van der Waals surface area (Å²) in [4.78, 5) is 30.1. The van der Waals surface area contributed by atoms with Crippen LogP contribution >= 0.6 is 0 Å². The number of unbranched alkanes of at least 4 members (excludes halogenated alkanes) is 6. The Kier molecular flexibility index (Phi) is 35.4. The largest absolute Gasteiger partial charge is 4.00 e. The zero-order valence-electron chi connectivity index (χ0n) is 28.5. The van der Waals surface area contributed by atoms with E-state index in [1.165, 1.54) is 19.3 Å². The van der Waals surface area contributed by atoms with Crippen LogP contribution in [0.3, 0.4) is 0 Å². The van der Waals surface area contributed by atoms with Gasteiger partial charge in [0.1, 0.15) is 0 Å².